The Kier molecular flexibility index (Phi) is 5.50. The number of hydrogen-bond acceptors (Lipinski definition) is 4. The summed E-state index contributed by atoms with van der Waals surface area (Å²) in [5.74, 6) is -0.0114. The zero-order chi connectivity index (χ0) is 17.8. The van der Waals surface area contributed by atoms with E-state index in [4.69, 9.17) is 0 Å². The van der Waals surface area contributed by atoms with Crippen LogP contribution in [0.2, 0.25) is 0 Å². The van der Waals surface area contributed by atoms with Gasteiger partial charge in [0.15, 0.2) is 0 Å². The van der Waals surface area contributed by atoms with Crippen molar-refractivity contribution in [3.63, 3.8) is 0 Å². The van der Waals surface area contributed by atoms with Crippen LogP contribution in [-0.4, -0.2) is 63.3 Å². The average molecular weight is 342 g/mol. The van der Waals surface area contributed by atoms with E-state index in [9.17, 15) is 9.90 Å². The molecular weight excluding hydrogens is 316 g/mol. The van der Waals surface area contributed by atoms with E-state index in [1.165, 1.54) is 0 Å². The predicted octanol–water partition coefficient (Wildman–Crippen LogP) is 1.96. The quantitative estimate of drug-likeness (QED) is 0.902. The Morgan fingerprint density at radius 3 is 2.40 bits per heavy atom. The van der Waals surface area contributed by atoms with Crippen molar-refractivity contribution in [2.24, 2.45) is 0 Å². The number of benzene rings is 1. The zero-order valence-electron chi connectivity index (χ0n) is 14.9. The molecule has 3 rings (SSSR count). The Hall–Kier alpha value is -2.18. The summed E-state index contributed by atoms with van der Waals surface area (Å²) in [6.45, 7) is 7.52. The molecule has 1 aromatic carbocycles. The fourth-order valence-electron chi connectivity index (χ4n) is 3.06. The number of aliphatic hydroxyl groups is 1. The lowest BCUT2D eigenvalue weighted by molar-refractivity contribution is 0.0522. The van der Waals surface area contributed by atoms with Crippen molar-refractivity contribution < 1.29 is 9.90 Å². The molecule has 2 aromatic rings. The molecule has 0 saturated carbocycles. The van der Waals surface area contributed by atoms with E-state index in [1.54, 1.807) is 10.7 Å². The van der Waals surface area contributed by atoms with E-state index >= 15 is 0 Å². The summed E-state index contributed by atoms with van der Waals surface area (Å²) in [6.07, 6.45) is 1.36. The molecule has 2 heterocycles. The highest BCUT2D eigenvalue weighted by Gasteiger charge is 2.25. The molecule has 1 amide bonds. The van der Waals surface area contributed by atoms with Crippen LogP contribution >= 0.6 is 0 Å². The van der Waals surface area contributed by atoms with Gasteiger partial charge in [-0.1, -0.05) is 30.3 Å². The van der Waals surface area contributed by atoms with E-state index in [0.717, 1.165) is 18.7 Å². The number of carbonyl (C=O) groups is 1. The van der Waals surface area contributed by atoms with Gasteiger partial charge in [-0.05, 0) is 25.5 Å². The number of nitrogens with zero attached hydrogens (tertiary/aromatic N) is 4. The molecule has 6 heteroatoms. The molecule has 1 fully saturated rings. The molecule has 0 spiro atoms. The molecule has 0 bridgehead atoms. The zero-order valence-corrected chi connectivity index (χ0v) is 14.9. The van der Waals surface area contributed by atoms with Gasteiger partial charge >= 0.3 is 0 Å². The van der Waals surface area contributed by atoms with Crippen molar-refractivity contribution in [2.45, 2.75) is 26.0 Å². The molecule has 1 N–H and O–H groups in total. The molecule has 1 aliphatic heterocycles. The molecule has 1 unspecified atom stereocenters. The van der Waals surface area contributed by atoms with Crippen molar-refractivity contribution in [1.29, 1.82) is 0 Å². The van der Waals surface area contributed by atoms with Crippen LogP contribution in [0.15, 0.2) is 42.6 Å². The molecule has 1 aromatic heterocycles. The molecular formula is C19H26N4O2. The van der Waals surface area contributed by atoms with Gasteiger partial charge in [0.25, 0.3) is 5.91 Å². The second kappa shape index (κ2) is 7.80. The first kappa shape index (κ1) is 17.6. The van der Waals surface area contributed by atoms with E-state index in [-0.39, 0.29) is 11.9 Å². The van der Waals surface area contributed by atoms with Crippen molar-refractivity contribution in [3.05, 3.63) is 53.9 Å². The maximum Gasteiger partial charge on any atom is 0.274 e. The van der Waals surface area contributed by atoms with Gasteiger partial charge in [0.05, 0.1) is 6.10 Å². The first-order valence-corrected chi connectivity index (χ1v) is 8.84. The van der Waals surface area contributed by atoms with E-state index in [0.29, 0.717) is 25.3 Å². The standard InChI is InChI=1S/C19H26N4O2/c1-15(2)23-9-8-17(20-23)19(25)22-12-10-21(11-13-22)14-18(24)16-6-4-3-5-7-16/h3-9,15,18,24H,10-14H2,1-2H3. The molecule has 6 nitrogen and oxygen atoms in total. The normalized spacial score (nSPS) is 17.0. The van der Waals surface area contributed by atoms with Gasteiger partial charge in [-0.3, -0.25) is 14.4 Å². The van der Waals surface area contributed by atoms with Crippen LogP contribution in [0.5, 0.6) is 0 Å². The number of amides is 1. The van der Waals surface area contributed by atoms with Gasteiger partial charge in [0.2, 0.25) is 0 Å². The summed E-state index contributed by atoms with van der Waals surface area (Å²) in [5, 5.41) is 14.7. The summed E-state index contributed by atoms with van der Waals surface area (Å²) in [6, 6.07) is 11.7. The summed E-state index contributed by atoms with van der Waals surface area (Å²) in [7, 11) is 0. The highest BCUT2D eigenvalue weighted by Crippen LogP contribution is 2.16. The Morgan fingerprint density at radius 1 is 1.12 bits per heavy atom. The van der Waals surface area contributed by atoms with Gasteiger partial charge in [-0.2, -0.15) is 5.10 Å². The van der Waals surface area contributed by atoms with Gasteiger partial charge < -0.3 is 10.0 Å². The molecule has 0 aliphatic carbocycles. The third-order valence-electron chi connectivity index (χ3n) is 4.63. The van der Waals surface area contributed by atoms with Crippen LogP contribution in [-0.2, 0) is 0 Å². The Morgan fingerprint density at radius 2 is 1.80 bits per heavy atom. The number of hydrogen-bond donors (Lipinski definition) is 1. The fraction of sp³-hybridized carbons (Fsp3) is 0.474. The average Bonchev–Trinajstić information content (AvgIpc) is 3.13. The molecule has 134 valence electrons. The minimum absolute atomic E-state index is 0.0114. The second-order valence-corrected chi connectivity index (χ2v) is 6.79. The molecule has 1 atom stereocenters. The first-order chi connectivity index (χ1) is 12.0. The predicted molar refractivity (Wildman–Crippen MR) is 96.4 cm³/mol. The van der Waals surface area contributed by atoms with Gasteiger partial charge in [0, 0.05) is 45.0 Å². The molecule has 1 aliphatic rings. The third kappa shape index (κ3) is 4.27. The first-order valence-electron chi connectivity index (χ1n) is 8.84. The molecule has 25 heavy (non-hydrogen) atoms. The van der Waals surface area contributed by atoms with Crippen LogP contribution in [0, 0.1) is 0 Å². The second-order valence-electron chi connectivity index (χ2n) is 6.79. The number of aromatic nitrogens is 2. The lowest BCUT2D eigenvalue weighted by Crippen LogP contribution is -2.49. The molecule has 0 radical (unpaired) electrons. The lowest BCUT2D eigenvalue weighted by Gasteiger charge is -2.35. The summed E-state index contributed by atoms with van der Waals surface area (Å²) >= 11 is 0. The highest BCUT2D eigenvalue weighted by molar-refractivity contribution is 5.92. The smallest absolute Gasteiger partial charge is 0.274 e. The molecule has 1 saturated heterocycles. The Bertz CT molecular complexity index is 690. The highest BCUT2D eigenvalue weighted by atomic mass is 16.3. The lowest BCUT2D eigenvalue weighted by atomic mass is 10.1. The van der Waals surface area contributed by atoms with Crippen LogP contribution < -0.4 is 0 Å². The topological polar surface area (TPSA) is 61.6 Å². The Balaban J connectivity index is 1.52. The van der Waals surface area contributed by atoms with Crippen molar-refractivity contribution in [2.75, 3.05) is 32.7 Å². The van der Waals surface area contributed by atoms with Crippen molar-refractivity contribution in [1.82, 2.24) is 19.6 Å². The van der Waals surface area contributed by atoms with Crippen LogP contribution in [0.3, 0.4) is 0 Å². The van der Waals surface area contributed by atoms with Gasteiger partial charge in [0.1, 0.15) is 5.69 Å². The summed E-state index contributed by atoms with van der Waals surface area (Å²) in [5.41, 5.74) is 1.44. The number of carbonyl (C=O) groups excluding carboxylic acids is 1. The fourth-order valence-corrected chi connectivity index (χ4v) is 3.06. The van der Waals surface area contributed by atoms with Crippen LogP contribution in [0.1, 0.15) is 42.0 Å². The maximum atomic E-state index is 12.6. The Labute approximate surface area is 148 Å². The maximum absolute atomic E-state index is 12.6. The van der Waals surface area contributed by atoms with Crippen molar-refractivity contribution >= 4 is 5.91 Å². The SMILES string of the molecule is CC(C)n1ccc(C(=O)N2CCN(CC(O)c3ccccc3)CC2)n1. The van der Waals surface area contributed by atoms with Crippen molar-refractivity contribution in [3.8, 4) is 0 Å². The third-order valence-corrected chi connectivity index (χ3v) is 4.63. The van der Waals surface area contributed by atoms with E-state index < -0.39 is 6.10 Å². The van der Waals surface area contributed by atoms with Gasteiger partial charge in [-0.15, -0.1) is 0 Å². The minimum atomic E-state index is -0.495. The van der Waals surface area contributed by atoms with Gasteiger partial charge in [-0.25, -0.2) is 0 Å². The van der Waals surface area contributed by atoms with E-state index in [2.05, 4.69) is 10.00 Å². The number of aliphatic hydroxyl groups excluding tert-OH is 1. The van der Waals surface area contributed by atoms with Crippen LogP contribution in [0.25, 0.3) is 0 Å². The minimum Gasteiger partial charge on any atom is -0.387 e. The largest absolute Gasteiger partial charge is 0.387 e. The summed E-state index contributed by atoms with van der Waals surface area (Å²) in [4.78, 5) is 16.6. The number of piperazine rings is 1. The summed E-state index contributed by atoms with van der Waals surface area (Å²) < 4.78 is 1.81. The number of β-amino-alcohol motifs (C(OH)–C–C–N with tert-alkyl or cyclic N) is 1. The van der Waals surface area contributed by atoms with E-state index in [1.807, 2.05) is 55.3 Å². The monoisotopic (exact) mass is 342 g/mol. The van der Waals surface area contributed by atoms with Crippen LogP contribution in [0.4, 0.5) is 0 Å². The number of rotatable bonds is 5.